The number of rotatable bonds is 5. The lowest BCUT2D eigenvalue weighted by atomic mass is 10.2. The molecule has 0 fully saturated rings. The molecule has 1 heterocycles. The second kappa shape index (κ2) is 8.48. The summed E-state index contributed by atoms with van der Waals surface area (Å²) in [5.74, 6) is 0.0247. The van der Waals surface area contributed by atoms with Crippen LogP contribution in [-0.2, 0) is 9.59 Å². The van der Waals surface area contributed by atoms with E-state index in [4.69, 9.17) is 0 Å². The number of amides is 4. The van der Waals surface area contributed by atoms with Crippen LogP contribution in [0.15, 0.2) is 29.4 Å². The van der Waals surface area contributed by atoms with E-state index in [2.05, 4.69) is 26.1 Å². The van der Waals surface area contributed by atoms with E-state index < -0.39 is 17.2 Å². The lowest BCUT2D eigenvalue weighted by molar-refractivity contribution is -0.119. The van der Waals surface area contributed by atoms with Crippen LogP contribution >= 0.6 is 11.8 Å². The Kier molecular flexibility index (Phi) is 6.34. The van der Waals surface area contributed by atoms with E-state index in [1.165, 1.54) is 25.7 Å². The molecule has 0 aliphatic carbocycles. The number of aryl methyl sites for hydroxylation is 1. The maximum Gasteiger partial charge on any atom is 0.321 e. The minimum absolute atomic E-state index is 0.170. The molecule has 1 unspecified atom stereocenters. The van der Waals surface area contributed by atoms with Crippen LogP contribution in [0.5, 0.6) is 0 Å². The summed E-state index contributed by atoms with van der Waals surface area (Å²) in [5, 5.41) is 15.4. The van der Waals surface area contributed by atoms with Gasteiger partial charge in [-0.3, -0.25) is 19.5 Å². The number of urea groups is 1. The van der Waals surface area contributed by atoms with Crippen LogP contribution in [0.1, 0.15) is 19.7 Å². The summed E-state index contributed by atoms with van der Waals surface area (Å²) in [7, 11) is 1.43. The number of benzene rings is 1. The number of nitrogens with one attached hydrogen (secondary N) is 3. The second-order valence-corrected chi connectivity index (χ2v) is 6.73. The highest BCUT2D eigenvalue weighted by molar-refractivity contribution is 8.00. The summed E-state index contributed by atoms with van der Waals surface area (Å²) in [4.78, 5) is 34.6. The third-order valence-corrected chi connectivity index (χ3v) is 4.38. The predicted molar refractivity (Wildman–Crippen MR) is 98.3 cm³/mol. The van der Waals surface area contributed by atoms with E-state index >= 15 is 0 Å². The van der Waals surface area contributed by atoms with Crippen molar-refractivity contribution >= 4 is 35.3 Å². The van der Waals surface area contributed by atoms with Crippen LogP contribution in [0.25, 0.3) is 5.69 Å². The summed E-state index contributed by atoms with van der Waals surface area (Å²) >= 11 is 1.18. The predicted octanol–water partition coefficient (Wildman–Crippen LogP) is 1.47. The first-order valence-corrected chi connectivity index (χ1v) is 8.69. The zero-order chi connectivity index (χ0) is 19.3. The molecule has 1 atom stereocenters. The van der Waals surface area contributed by atoms with Gasteiger partial charge in [-0.1, -0.05) is 17.8 Å². The molecule has 0 saturated carbocycles. The van der Waals surface area contributed by atoms with Crippen LogP contribution in [0.3, 0.4) is 0 Å². The normalized spacial score (nSPS) is 11.5. The largest absolute Gasteiger partial charge is 0.341 e. The van der Waals surface area contributed by atoms with E-state index in [1.54, 1.807) is 36.6 Å². The van der Waals surface area contributed by atoms with Gasteiger partial charge in [0.15, 0.2) is 5.16 Å². The molecule has 0 aliphatic rings. The number of imide groups is 1. The molecule has 0 saturated heterocycles. The fraction of sp³-hybridized carbons (Fsp3) is 0.312. The maximum absolute atomic E-state index is 12.0. The van der Waals surface area contributed by atoms with Crippen molar-refractivity contribution in [1.82, 2.24) is 25.4 Å². The van der Waals surface area contributed by atoms with Crippen LogP contribution in [-0.4, -0.2) is 44.9 Å². The van der Waals surface area contributed by atoms with Crippen LogP contribution in [0.2, 0.25) is 0 Å². The number of carbonyl (C=O) groups is 3. The fourth-order valence-electron chi connectivity index (χ4n) is 2.13. The molecule has 4 amide bonds. The monoisotopic (exact) mass is 376 g/mol. The Balaban J connectivity index is 2.25. The molecule has 138 valence electrons. The van der Waals surface area contributed by atoms with Gasteiger partial charge in [0.1, 0.15) is 5.82 Å². The number of anilines is 1. The first-order chi connectivity index (χ1) is 12.3. The van der Waals surface area contributed by atoms with Gasteiger partial charge < -0.3 is 10.6 Å². The molecule has 0 radical (unpaired) electrons. The van der Waals surface area contributed by atoms with E-state index in [-0.39, 0.29) is 5.91 Å². The average Bonchev–Trinajstić information content (AvgIpc) is 2.94. The number of hydrogen-bond acceptors (Lipinski definition) is 6. The molecule has 9 nitrogen and oxygen atoms in total. The van der Waals surface area contributed by atoms with Gasteiger partial charge in [0.25, 0.3) is 0 Å². The van der Waals surface area contributed by atoms with Gasteiger partial charge in [0.05, 0.1) is 10.9 Å². The van der Waals surface area contributed by atoms with Crippen molar-refractivity contribution in [3.05, 3.63) is 30.1 Å². The Morgan fingerprint density at radius 1 is 1.23 bits per heavy atom. The lowest BCUT2D eigenvalue weighted by Crippen LogP contribution is -2.41. The van der Waals surface area contributed by atoms with Crippen LogP contribution in [0.4, 0.5) is 10.5 Å². The molecule has 3 N–H and O–H groups in total. The summed E-state index contributed by atoms with van der Waals surface area (Å²) < 4.78 is 1.78. The van der Waals surface area contributed by atoms with Gasteiger partial charge >= 0.3 is 6.03 Å². The van der Waals surface area contributed by atoms with Gasteiger partial charge in [-0.2, -0.15) is 0 Å². The first kappa shape index (κ1) is 19.4. The number of nitrogens with zero attached hydrogens (tertiary/aromatic N) is 3. The minimum atomic E-state index is -0.567. The molecule has 26 heavy (non-hydrogen) atoms. The van der Waals surface area contributed by atoms with Gasteiger partial charge in [-0.25, -0.2) is 4.79 Å². The smallest absolute Gasteiger partial charge is 0.321 e. The standard InChI is InChI=1S/C16H20N6O3S/c1-9(14(24)19-15(25)17-4)26-16-21-20-10(2)22(16)13-7-5-6-12(8-13)18-11(3)23/h5-9H,1-4H3,(H,18,23)(H2,17,19,24,25). The van der Waals surface area contributed by atoms with Gasteiger partial charge in [0.2, 0.25) is 11.8 Å². The molecule has 10 heteroatoms. The van der Waals surface area contributed by atoms with E-state index in [0.717, 1.165) is 5.69 Å². The van der Waals surface area contributed by atoms with Crippen molar-refractivity contribution < 1.29 is 14.4 Å². The van der Waals surface area contributed by atoms with E-state index in [1.807, 2.05) is 6.07 Å². The molecule has 0 bridgehead atoms. The minimum Gasteiger partial charge on any atom is -0.341 e. The summed E-state index contributed by atoms with van der Waals surface area (Å²) in [6.45, 7) is 4.90. The maximum atomic E-state index is 12.0. The highest BCUT2D eigenvalue weighted by atomic mass is 32.2. The summed E-state index contributed by atoms with van der Waals surface area (Å²) in [6.07, 6.45) is 0. The summed E-state index contributed by atoms with van der Waals surface area (Å²) in [6, 6.07) is 6.65. The third-order valence-electron chi connectivity index (χ3n) is 3.34. The van der Waals surface area contributed by atoms with Crippen molar-refractivity contribution in [1.29, 1.82) is 0 Å². The number of carbonyl (C=O) groups excluding carboxylic acids is 3. The molecule has 0 aliphatic heterocycles. The zero-order valence-corrected chi connectivity index (χ0v) is 15.7. The van der Waals surface area contributed by atoms with Gasteiger partial charge in [-0.15, -0.1) is 10.2 Å². The lowest BCUT2D eigenvalue weighted by Gasteiger charge is -2.13. The van der Waals surface area contributed by atoms with Crippen molar-refractivity contribution in [2.24, 2.45) is 0 Å². The average molecular weight is 376 g/mol. The van der Waals surface area contributed by atoms with Crippen molar-refractivity contribution in [3.8, 4) is 5.69 Å². The topological polar surface area (TPSA) is 118 Å². The zero-order valence-electron chi connectivity index (χ0n) is 14.9. The van der Waals surface area contributed by atoms with Gasteiger partial charge in [0, 0.05) is 19.7 Å². The van der Waals surface area contributed by atoms with Crippen molar-refractivity contribution in [3.63, 3.8) is 0 Å². The quantitative estimate of drug-likeness (QED) is 0.680. The SMILES string of the molecule is CNC(=O)NC(=O)C(C)Sc1nnc(C)n1-c1cccc(NC(C)=O)c1. The Hall–Kier alpha value is -2.88. The Morgan fingerprint density at radius 3 is 2.62 bits per heavy atom. The molecular formula is C16H20N6O3S. The molecular weight excluding hydrogens is 356 g/mol. The number of aromatic nitrogens is 3. The fourth-order valence-corrected chi connectivity index (χ4v) is 3.04. The molecule has 0 spiro atoms. The first-order valence-electron chi connectivity index (χ1n) is 7.81. The van der Waals surface area contributed by atoms with Crippen LogP contribution < -0.4 is 16.0 Å². The molecule has 2 rings (SSSR count). The van der Waals surface area contributed by atoms with E-state index in [9.17, 15) is 14.4 Å². The Bertz CT molecular complexity index is 835. The van der Waals surface area contributed by atoms with Gasteiger partial charge in [-0.05, 0) is 32.0 Å². The molecule has 2 aromatic rings. The van der Waals surface area contributed by atoms with E-state index in [0.29, 0.717) is 16.7 Å². The third kappa shape index (κ3) is 4.82. The Morgan fingerprint density at radius 2 is 1.96 bits per heavy atom. The highest BCUT2D eigenvalue weighted by Crippen LogP contribution is 2.26. The highest BCUT2D eigenvalue weighted by Gasteiger charge is 2.21. The Labute approximate surface area is 154 Å². The van der Waals surface area contributed by atoms with Crippen molar-refractivity contribution in [2.45, 2.75) is 31.2 Å². The number of hydrogen-bond donors (Lipinski definition) is 3. The van der Waals surface area contributed by atoms with Crippen molar-refractivity contribution in [2.75, 3.05) is 12.4 Å². The number of thioether (sulfide) groups is 1. The molecule has 1 aromatic heterocycles. The molecule has 1 aromatic carbocycles. The summed E-state index contributed by atoms with van der Waals surface area (Å²) in [5.41, 5.74) is 1.39. The van der Waals surface area contributed by atoms with Crippen LogP contribution in [0, 0.1) is 6.92 Å². The second-order valence-electron chi connectivity index (χ2n) is 5.43.